The van der Waals surface area contributed by atoms with Crippen LogP contribution in [0.1, 0.15) is 5.56 Å². The molecule has 0 aliphatic rings. The van der Waals surface area contributed by atoms with Gasteiger partial charge in [0.2, 0.25) is 0 Å². The number of rotatable bonds is 6. The topological polar surface area (TPSA) is 77.2 Å². The van der Waals surface area contributed by atoms with Gasteiger partial charge >= 0.3 is 0 Å². The number of nitrogens with one attached hydrogen (secondary N) is 1. The Morgan fingerprint density at radius 1 is 0.852 bits per heavy atom. The Morgan fingerprint density at radius 2 is 1.59 bits per heavy atom. The highest BCUT2D eigenvalue weighted by Crippen LogP contribution is 2.21. The minimum atomic E-state index is 0.425. The number of anilines is 2. The molecule has 0 aliphatic carbocycles. The second-order valence-electron chi connectivity index (χ2n) is 5.62. The lowest BCUT2D eigenvalue weighted by Gasteiger charge is -2.06. The van der Waals surface area contributed by atoms with Crippen LogP contribution in [0.15, 0.2) is 90.0 Å². The smallest absolute Gasteiger partial charge is 0.269 e. The van der Waals surface area contributed by atoms with Crippen molar-refractivity contribution in [2.75, 3.05) is 5.32 Å². The Bertz CT molecular complexity index is 1030. The molecule has 0 fully saturated rings. The van der Waals surface area contributed by atoms with Gasteiger partial charge in [0.25, 0.3) is 5.95 Å². The highest BCUT2D eigenvalue weighted by Gasteiger charge is 2.04. The maximum Gasteiger partial charge on any atom is 0.269 e. The number of nitrogens with zero attached hydrogens (tertiary/aromatic N) is 5. The van der Waals surface area contributed by atoms with Crippen molar-refractivity contribution in [3.8, 4) is 11.5 Å². The van der Waals surface area contributed by atoms with E-state index in [0.717, 1.165) is 22.7 Å². The van der Waals surface area contributed by atoms with Gasteiger partial charge in [-0.2, -0.15) is 5.10 Å². The molecule has 0 unspecified atom stereocenters. The fourth-order valence-electron chi connectivity index (χ4n) is 2.39. The predicted molar refractivity (Wildman–Crippen MR) is 103 cm³/mol. The summed E-state index contributed by atoms with van der Waals surface area (Å²) in [6.45, 7) is 0. The van der Waals surface area contributed by atoms with Crippen LogP contribution < -0.4 is 10.1 Å². The van der Waals surface area contributed by atoms with Gasteiger partial charge in [-0.3, -0.25) is 0 Å². The van der Waals surface area contributed by atoms with E-state index in [-0.39, 0.29) is 0 Å². The van der Waals surface area contributed by atoms with Gasteiger partial charge in [-0.15, -0.1) is 0 Å². The molecule has 4 rings (SSSR count). The second kappa shape index (κ2) is 7.92. The number of hydrogen-bond donors (Lipinski definition) is 1. The van der Waals surface area contributed by atoms with Crippen LogP contribution in [0.5, 0.6) is 11.5 Å². The van der Waals surface area contributed by atoms with Crippen LogP contribution in [0, 0.1) is 0 Å². The van der Waals surface area contributed by atoms with Gasteiger partial charge in [0.15, 0.2) is 0 Å². The number of ether oxygens (including phenoxy) is 1. The normalized spacial score (nSPS) is 10.8. The van der Waals surface area contributed by atoms with Crippen molar-refractivity contribution in [2.45, 2.75) is 0 Å². The number of aromatic nitrogens is 4. The van der Waals surface area contributed by atoms with E-state index in [9.17, 15) is 0 Å². The molecule has 0 atom stereocenters. The second-order valence-corrected chi connectivity index (χ2v) is 5.62. The van der Waals surface area contributed by atoms with E-state index in [1.165, 1.54) is 4.79 Å². The summed E-state index contributed by atoms with van der Waals surface area (Å²) in [6.07, 6.45) is 1.67. The lowest BCUT2D eigenvalue weighted by atomic mass is 10.2. The van der Waals surface area contributed by atoms with Crippen molar-refractivity contribution < 1.29 is 4.74 Å². The predicted octanol–water partition coefficient (Wildman–Crippen LogP) is 4.09. The van der Waals surface area contributed by atoms with Crippen LogP contribution in [-0.2, 0) is 0 Å². The molecule has 4 aromatic rings. The van der Waals surface area contributed by atoms with Gasteiger partial charge in [-0.05, 0) is 52.4 Å². The summed E-state index contributed by atoms with van der Waals surface area (Å²) in [6, 6.07) is 26.9. The van der Waals surface area contributed by atoms with Crippen LogP contribution in [0.2, 0.25) is 0 Å². The van der Waals surface area contributed by atoms with E-state index in [0.29, 0.717) is 5.95 Å². The Kier molecular flexibility index (Phi) is 4.83. The molecule has 0 bridgehead atoms. The first-order valence-electron chi connectivity index (χ1n) is 8.35. The van der Waals surface area contributed by atoms with Crippen molar-refractivity contribution in [2.24, 2.45) is 5.10 Å². The highest BCUT2D eigenvalue weighted by molar-refractivity contribution is 5.80. The number of benzene rings is 3. The number of para-hydroxylation sites is 2. The Morgan fingerprint density at radius 3 is 2.41 bits per heavy atom. The lowest BCUT2D eigenvalue weighted by Crippen LogP contribution is -2.01. The Balaban J connectivity index is 1.49. The summed E-state index contributed by atoms with van der Waals surface area (Å²) in [5.41, 5.74) is 1.74. The molecule has 0 saturated heterocycles. The third-order valence-corrected chi connectivity index (χ3v) is 3.64. The van der Waals surface area contributed by atoms with E-state index in [4.69, 9.17) is 4.74 Å². The molecular formula is C20H16N6O. The van der Waals surface area contributed by atoms with Crippen LogP contribution in [-0.4, -0.2) is 26.5 Å². The van der Waals surface area contributed by atoms with Gasteiger partial charge in [0, 0.05) is 5.69 Å². The van der Waals surface area contributed by atoms with Gasteiger partial charge in [0.05, 0.1) is 6.21 Å². The fraction of sp³-hybridized carbons (Fsp3) is 0. The van der Waals surface area contributed by atoms with Crippen LogP contribution in [0.25, 0.3) is 0 Å². The quantitative estimate of drug-likeness (QED) is 0.527. The number of tetrazole rings is 1. The van der Waals surface area contributed by atoms with Gasteiger partial charge in [-0.25, -0.2) is 0 Å². The average Bonchev–Trinajstić information content (AvgIpc) is 3.15. The van der Waals surface area contributed by atoms with Crippen molar-refractivity contribution in [1.29, 1.82) is 0 Å². The molecule has 27 heavy (non-hydrogen) atoms. The fourth-order valence-corrected chi connectivity index (χ4v) is 2.39. The van der Waals surface area contributed by atoms with E-state index in [2.05, 4.69) is 25.9 Å². The molecule has 0 radical (unpaired) electrons. The zero-order valence-electron chi connectivity index (χ0n) is 14.3. The van der Waals surface area contributed by atoms with Crippen molar-refractivity contribution >= 4 is 17.9 Å². The zero-order valence-corrected chi connectivity index (χ0v) is 14.3. The third kappa shape index (κ3) is 4.35. The highest BCUT2D eigenvalue weighted by atomic mass is 16.5. The molecule has 7 heteroatoms. The monoisotopic (exact) mass is 356 g/mol. The SMILES string of the molecule is C(=Nn1nnnc1Nc1ccccc1)c1cccc(Oc2ccccc2)c1. The Hall–Kier alpha value is -4.00. The molecule has 1 N–H and O–H groups in total. The average molecular weight is 356 g/mol. The van der Waals surface area contributed by atoms with E-state index in [1.807, 2.05) is 84.9 Å². The van der Waals surface area contributed by atoms with Gasteiger partial charge in [0.1, 0.15) is 11.5 Å². The minimum absolute atomic E-state index is 0.425. The zero-order chi connectivity index (χ0) is 18.3. The molecule has 1 aromatic heterocycles. The van der Waals surface area contributed by atoms with Crippen molar-refractivity contribution in [1.82, 2.24) is 20.3 Å². The molecule has 0 amide bonds. The van der Waals surface area contributed by atoms with Gasteiger partial charge < -0.3 is 10.1 Å². The molecule has 3 aromatic carbocycles. The molecule has 7 nitrogen and oxygen atoms in total. The van der Waals surface area contributed by atoms with Crippen LogP contribution in [0.4, 0.5) is 11.6 Å². The van der Waals surface area contributed by atoms with Crippen LogP contribution >= 0.6 is 0 Å². The standard InChI is InChI=1S/C20H16N6O/c1-3-9-17(10-4-1)22-20-23-24-25-26(20)21-15-16-8-7-13-19(14-16)27-18-11-5-2-6-12-18/h1-15H,(H,22,23,25). The van der Waals surface area contributed by atoms with Crippen LogP contribution in [0.3, 0.4) is 0 Å². The maximum atomic E-state index is 5.84. The largest absolute Gasteiger partial charge is 0.457 e. The van der Waals surface area contributed by atoms with Crippen molar-refractivity contribution in [3.63, 3.8) is 0 Å². The summed E-state index contributed by atoms with van der Waals surface area (Å²) >= 11 is 0. The molecule has 1 heterocycles. The summed E-state index contributed by atoms with van der Waals surface area (Å²) in [4.78, 5) is 1.33. The molecular weight excluding hydrogens is 340 g/mol. The number of hydrogen-bond acceptors (Lipinski definition) is 6. The summed E-state index contributed by atoms with van der Waals surface area (Å²) in [5.74, 6) is 1.93. The molecule has 0 saturated carbocycles. The summed E-state index contributed by atoms with van der Waals surface area (Å²) in [7, 11) is 0. The first-order valence-corrected chi connectivity index (χ1v) is 8.35. The van der Waals surface area contributed by atoms with Gasteiger partial charge in [-0.1, -0.05) is 58.4 Å². The molecule has 132 valence electrons. The van der Waals surface area contributed by atoms with E-state index in [1.54, 1.807) is 6.21 Å². The summed E-state index contributed by atoms with van der Waals surface area (Å²) < 4.78 is 5.84. The summed E-state index contributed by atoms with van der Waals surface area (Å²) in [5, 5.41) is 18.9. The maximum absolute atomic E-state index is 5.84. The first-order chi connectivity index (χ1) is 13.4. The molecule has 0 aliphatic heterocycles. The van der Waals surface area contributed by atoms with E-state index >= 15 is 0 Å². The minimum Gasteiger partial charge on any atom is -0.457 e. The molecule has 0 spiro atoms. The van der Waals surface area contributed by atoms with E-state index < -0.39 is 0 Å². The van der Waals surface area contributed by atoms with Crippen molar-refractivity contribution in [3.05, 3.63) is 90.5 Å². The third-order valence-electron chi connectivity index (χ3n) is 3.64. The Labute approximate surface area is 155 Å². The first kappa shape index (κ1) is 16.5. The lowest BCUT2D eigenvalue weighted by molar-refractivity contribution is 0.482.